The summed E-state index contributed by atoms with van der Waals surface area (Å²) in [5, 5.41) is 17.1. The van der Waals surface area contributed by atoms with E-state index in [0.717, 1.165) is 22.6 Å². The minimum absolute atomic E-state index is 0.488. The summed E-state index contributed by atoms with van der Waals surface area (Å²) in [7, 11) is 0. The van der Waals surface area contributed by atoms with Crippen LogP contribution in [0, 0.1) is 25.2 Å². The molecule has 138 valence electrons. The second-order valence-electron chi connectivity index (χ2n) is 6.64. The van der Waals surface area contributed by atoms with Crippen LogP contribution in [0.15, 0.2) is 61.3 Å². The van der Waals surface area contributed by atoms with Gasteiger partial charge in [0, 0.05) is 11.9 Å². The number of rotatable bonds is 5. The van der Waals surface area contributed by atoms with Crippen LogP contribution < -0.4 is 5.32 Å². The highest BCUT2D eigenvalue weighted by molar-refractivity contribution is 5.62. The number of nitrogens with one attached hydrogen (secondary N) is 1. The third-order valence-electron chi connectivity index (χ3n) is 4.36. The lowest BCUT2D eigenvalue weighted by Gasteiger charge is -2.08. The minimum Gasteiger partial charge on any atom is -0.323 e. The number of hydrogen-bond acceptors (Lipinski definition) is 5. The van der Waals surface area contributed by atoms with Crippen LogP contribution in [0.1, 0.15) is 22.4 Å². The average molecular weight is 369 g/mol. The Balaban J connectivity index is 1.51. The van der Waals surface area contributed by atoms with Crippen LogP contribution in [-0.2, 0) is 6.54 Å². The Labute approximate surface area is 162 Å². The molecule has 0 aliphatic heterocycles. The number of anilines is 2. The van der Waals surface area contributed by atoms with E-state index in [4.69, 9.17) is 0 Å². The van der Waals surface area contributed by atoms with Gasteiger partial charge in [-0.2, -0.15) is 5.26 Å². The topological polar surface area (TPSA) is 84.4 Å². The predicted molar refractivity (Wildman–Crippen MR) is 107 cm³/mol. The number of imidazole rings is 1. The molecule has 0 amide bonds. The molecule has 0 saturated heterocycles. The fourth-order valence-corrected chi connectivity index (χ4v) is 2.92. The number of benzene rings is 2. The summed E-state index contributed by atoms with van der Waals surface area (Å²) in [5.74, 6) is 0.488. The van der Waals surface area contributed by atoms with E-state index in [9.17, 15) is 5.26 Å². The average Bonchev–Trinajstić information content (AvgIpc) is 3.32. The molecule has 2 aromatic heterocycles. The Morgan fingerprint density at radius 2 is 1.86 bits per heavy atom. The third kappa shape index (κ3) is 3.76. The monoisotopic (exact) mass is 369 g/mol. The summed E-state index contributed by atoms with van der Waals surface area (Å²) in [5.41, 5.74) is 5.37. The molecule has 7 heteroatoms. The molecule has 0 saturated carbocycles. The summed E-state index contributed by atoms with van der Waals surface area (Å²) in [4.78, 5) is 8.52. The zero-order valence-corrected chi connectivity index (χ0v) is 15.7. The van der Waals surface area contributed by atoms with Crippen molar-refractivity contribution in [3.8, 4) is 11.8 Å². The van der Waals surface area contributed by atoms with Gasteiger partial charge in [0.25, 0.3) is 0 Å². The Morgan fingerprint density at radius 3 is 2.57 bits per heavy atom. The van der Waals surface area contributed by atoms with Crippen molar-refractivity contribution in [1.29, 1.82) is 5.26 Å². The minimum atomic E-state index is 0.488. The quantitative estimate of drug-likeness (QED) is 0.579. The summed E-state index contributed by atoms with van der Waals surface area (Å²) >= 11 is 0. The molecule has 7 nitrogen and oxygen atoms in total. The molecule has 28 heavy (non-hydrogen) atoms. The van der Waals surface area contributed by atoms with Gasteiger partial charge in [-0.3, -0.25) is 0 Å². The maximum absolute atomic E-state index is 9.52. The van der Waals surface area contributed by atoms with Crippen LogP contribution in [0.2, 0.25) is 0 Å². The molecule has 0 fully saturated rings. The van der Waals surface area contributed by atoms with E-state index in [2.05, 4.69) is 57.6 Å². The fraction of sp³-hybridized carbons (Fsp3) is 0.143. The van der Waals surface area contributed by atoms with E-state index in [1.165, 1.54) is 5.56 Å². The molecule has 2 aromatic carbocycles. The Morgan fingerprint density at radius 1 is 1.04 bits per heavy atom. The van der Waals surface area contributed by atoms with Gasteiger partial charge in [0.15, 0.2) is 0 Å². The number of nitrogens with zero attached hydrogens (tertiary/aromatic N) is 6. The van der Waals surface area contributed by atoms with Crippen molar-refractivity contribution in [1.82, 2.24) is 24.3 Å². The highest BCUT2D eigenvalue weighted by Crippen LogP contribution is 2.21. The first kappa shape index (κ1) is 17.5. The molecule has 0 bridgehead atoms. The van der Waals surface area contributed by atoms with Crippen LogP contribution in [0.3, 0.4) is 0 Å². The van der Waals surface area contributed by atoms with Crippen molar-refractivity contribution in [3.63, 3.8) is 0 Å². The number of hydrogen-bond donors (Lipinski definition) is 1. The zero-order chi connectivity index (χ0) is 19.5. The van der Waals surface area contributed by atoms with E-state index < -0.39 is 0 Å². The molecule has 4 rings (SSSR count). The largest absolute Gasteiger partial charge is 0.323 e. The molecule has 4 aromatic rings. The SMILES string of the molecule is Cc1ccc(Cn2cnc(Nc3ccc(-n4cnc(C)c4)c(C#N)c3)n2)cc1. The normalized spacial score (nSPS) is 10.6. The van der Waals surface area contributed by atoms with Gasteiger partial charge in [-0.05, 0) is 37.6 Å². The Bertz CT molecular complexity index is 1150. The molecule has 0 aliphatic carbocycles. The first-order chi connectivity index (χ1) is 13.6. The first-order valence-electron chi connectivity index (χ1n) is 8.88. The lowest BCUT2D eigenvalue weighted by atomic mass is 10.1. The fourth-order valence-electron chi connectivity index (χ4n) is 2.92. The van der Waals surface area contributed by atoms with E-state index in [0.29, 0.717) is 18.1 Å². The lowest BCUT2D eigenvalue weighted by molar-refractivity contribution is 0.687. The van der Waals surface area contributed by atoms with Gasteiger partial charge in [0.2, 0.25) is 5.95 Å². The van der Waals surface area contributed by atoms with Gasteiger partial charge in [-0.1, -0.05) is 29.8 Å². The maximum Gasteiger partial charge on any atom is 0.246 e. The van der Waals surface area contributed by atoms with E-state index in [-0.39, 0.29) is 0 Å². The van der Waals surface area contributed by atoms with E-state index >= 15 is 0 Å². The van der Waals surface area contributed by atoms with Crippen molar-refractivity contribution >= 4 is 11.6 Å². The van der Waals surface area contributed by atoms with Crippen LogP contribution in [-0.4, -0.2) is 24.3 Å². The Hall–Kier alpha value is -3.92. The molecule has 0 atom stereocenters. The van der Waals surface area contributed by atoms with Crippen molar-refractivity contribution in [2.24, 2.45) is 0 Å². The van der Waals surface area contributed by atoms with Gasteiger partial charge in [-0.25, -0.2) is 14.6 Å². The molecule has 0 aliphatic rings. The standard InChI is InChI=1S/C21H19N7/c1-15-3-5-17(6-4-15)12-28-14-24-21(26-28)25-19-7-8-20(18(9-19)10-22)27-11-16(2)23-13-27/h3-9,11,13-14H,12H2,1-2H3,(H,25,26). The number of aryl methyl sites for hydroxylation is 2. The summed E-state index contributed by atoms with van der Waals surface area (Å²) in [6.07, 6.45) is 5.28. The molecular weight excluding hydrogens is 350 g/mol. The van der Waals surface area contributed by atoms with E-state index in [1.54, 1.807) is 23.4 Å². The smallest absolute Gasteiger partial charge is 0.246 e. The highest BCUT2D eigenvalue weighted by Gasteiger charge is 2.08. The maximum atomic E-state index is 9.52. The second kappa shape index (κ2) is 7.37. The first-order valence-corrected chi connectivity index (χ1v) is 8.88. The molecule has 0 spiro atoms. The van der Waals surface area contributed by atoms with Gasteiger partial charge in [0.05, 0.1) is 29.8 Å². The van der Waals surface area contributed by atoms with Crippen LogP contribution in [0.25, 0.3) is 5.69 Å². The second-order valence-corrected chi connectivity index (χ2v) is 6.64. The summed E-state index contributed by atoms with van der Waals surface area (Å²) < 4.78 is 3.62. The summed E-state index contributed by atoms with van der Waals surface area (Å²) in [6, 6.07) is 16.1. The van der Waals surface area contributed by atoms with Gasteiger partial charge in [-0.15, -0.1) is 5.10 Å². The molecular formula is C21H19N7. The number of aromatic nitrogens is 5. The van der Waals surface area contributed by atoms with Crippen molar-refractivity contribution < 1.29 is 0 Å². The lowest BCUT2D eigenvalue weighted by Crippen LogP contribution is -2.02. The summed E-state index contributed by atoms with van der Waals surface area (Å²) in [6.45, 7) is 4.63. The van der Waals surface area contributed by atoms with Crippen molar-refractivity contribution in [3.05, 3.63) is 83.7 Å². The molecule has 0 unspecified atom stereocenters. The molecule has 1 N–H and O–H groups in total. The number of nitriles is 1. The van der Waals surface area contributed by atoms with E-state index in [1.807, 2.05) is 29.8 Å². The van der Waals surface area contributed by atoms with Gasteiger partial charge in [0.1, 0.15) is 12.4 Å². The van der Waals surface area contributed by atoms with Crippen LogP contribution in [0.4, 0.5) is 11.6 Å². The predicted octanol–water partition coefficient (Wildman–Crippen LogP) is 3.74. The van der Waals surface area contributed by atoms with Crippen molar-refractivity contribution in [2.45, 2.75) is 20.4 Å². The molecule has 2 heterocycles. The van der Waals surface area contributed by atoms with Crippen LogP contribution >= 0.6 is 0 Å². The molecule has 0 radical (unpaired) electrons. The van der Waals surface area contributed by atoms with Gasteiger partial charge >= 0.3 is 0 Å². The van der Waals surface area contributed by atoms with Crippen LogP contribution in [0.5, 0.6) is 0 Å². The van der Waals surface area contributed by atoms with Crippen molar-refractivity contribution in [2.75, 3.05) is 5.32 Å². The van der Waals surface area contributed by atoms with Gasteiger partial charge < -0.3 is 9.88 Å². The highest BCUT2D eigenvalue weighted by atomic mass is 15.4. The Kier molecular flexibility index (Phi) is 4.60. The third-order valence-corrected chi connectivity index (χ3v) is 4.36. The zero-order valence-electron chi connectivity index (χ0n) is 15.7.